The Kier molecular flexibility index (Phi) is 9.93. The Morgan fingerprint density at radius 2 is 1.75 bits per heavy atom. The molecule has 0 saturated heterocycles. The maximum Gasteiger partial charge on any atom is 0.323 e. The number of nitrogens with one attached hydrogen (secondary N) is 1. The van der Waals surface area contributed by atoms with E-state index in [1.807, 2.05) is 27.7 Å². The van der Waals surface area contributed by atoms with Gasteiger partial charge >= 0.3 is 5.97 Å². The molecular weight excluding hydrogens is 154 g/mol. The van der Waals surface area contributed by atoms with E-state index in [-0.39, 0.29) is 17.9 Å². The van der Waals surface area contributed by atoms with E-state index < -0.39 is 0 Å². The zero-order valence-corrected chi connectivity index (χ0v) is 8.97. The number of ether oxygens (including phenoxy) is 1. The lowest BCUT2D eigenvalue weighted by atomic mass is 10.1. The van der Waals surface area contributed by atoms with Crippen LogP contribution in [0.25, 0.3) is 0 Å². The molecule has 0 aliphatic rings. The van der Waals surface area contributed by atoms with Gasteiger partial charge in [0.1, 0.15) is 6.04 Å². The van der Waals surface area contributed by atoms with Crippen LogP contribution in [0.2, 0.25) is 0 Å². The summed E-state index contributed by atoms with van der Waals surface area (Å²) in [5, 5.41) is 2.88. The van der Waals surface area contributed by atoms with Crippen molar-refractivity contribution in [1.82, 2.24) is 5.32 Å². The Morgan fingerprint density at radius 1 is 1.33 bits per heavy atom. The highest BCUT2D eigenvalue weighted by Gasteiger charge is 2.19. The predicted octanol–water partition coefficient (Wildman–Crippen LogP) is 1.43. The third-order valence-corrected chi connectivity index (χ3v) is 1.43. The van der Waals surface area contributed by atoms with Crippen LogP contribution in [0, 0.1) is 5.92 Å². The molecule has 0 aromatic rings. The molecule has 12 heavy (non-hydrogen) atoms. The molecule has 0 heterocycles. The Labute approximate surface area is 75.5 Å². The summed E-state index contributed by atoms with van der Waals surface area (Å²) in [6, 6.07) is -0.176. The summed E-state index contributed by atoms with van der Waals surface area (Å²) in [5.74, 6) is 0.0787. The largest absolute Gasteiger partial charge is 0.468 e. The Balaban J connectivity index is 0. The van der Waals surface area contributed by atoms with Gasteiger partial charge in [0, 0.05) is 0 Å². The summed E-state index contributed by atoms with van der Waals surface area (Å²) >= 11 is 0. The van der Waals surface area contributed by atoms with Crippen LogP contribution in [0.1, 0.15) is 27.7 Å². The summed E-state index contributed by atoms with van der Waals surface area (Å²) in [6.07, 6.45) is 0. The first-order chi connectivity index (χ1) is 5.63. The maximum absolute atomic E-state index is 10.9. The van der Waals surface area contributed by atoms with Crippen molar-refractivity contribution in [2.75, 3.05) is 14.2 Å². The van der Waals surface area contributed by atoms with Crippen LogP contribution in [0.5, 0.6) is 0 Å². The van der Waals surface area contributed by atoms with Gasteiger partial charge in [0.2, 0.25) is 0 Å². The minimum absolute atomic E-state index is 0.176. The van der Waals surface area contributed by atoms with E-state index in [9.17, 15) is 4.79 Å². The molecule has 74 valence electrons. The molecule has 0 radical (unpaired) electrons. The third-order valence-electron chi connectivity index (χ3n) is 1.43. The molecule has 0 spiro atoms. The molecule has 1 N–H and O–H groups in total. The second-order valence-electron chi connectivity index (χ2n) is 2.53. The smallest absolute Gasteiger partial charge is 0.323 e. The fourth-order valence-corrected chi connectivity index (χ4v) is 0.850. The second-order valence-corrected chi connectivity index (χ2v) is 2.53. The number of esters is 1. The quantitative estimate of drug-likeness (QED) is 0.659. The lowest BCUT2D eigenvalue weighted by Crippen LogP contribution is -2.39. The summed E-state index contributed by atoms with van der Waals surface area (Å²) in [5.41, 5.74) is 0. The first kappa shape index (κ1) is 14.0. The number of carbonyl (C=O) groups is 1. The van der Waals surface area contributed by atoms with Gasteiger partial charge in [0.15, 0.2) is 0 Å². The van der Waals surface area contributed by atoms with Gasteiger partial charge in [-0.3, -0.25) is 4.79 Å². The van der Waals surface area contributed by atoms with Crippen LogP contribution < -0.4 is 5.32 Å². The van der Waals surface area contributed by atoms with Crippen molar-refractivity contribution in [3.63, 3.8) is 0 Å². The maximum atomic E-state index is 10.9. The van der Waals surface area contributed by atoms with E-state index in [0.717, 1.165) is 0 Å². The number of likely N-dealkylation sites (N-methyl/N-ethyl adjacent to an activating group) is 1. The second kappa shape index (κ2) is 8.53. The molecule has 1 unspecified atom stereocenters. The number of hydrogen-bond acceptors (Lipinski definition) is 3. The molecule has 0 aliphatic carbocycles. The number of carbonyl (C=O) groups excluding carboxylic acids is 1. The molecule has 0 fully saturated rings. The summed E-state index contributed by atoms with van der Waals surface area (Å²) in [7, 11) is 3.15. The Bertz CT molecular complexity index is 113. The minimum Gasteiger partial charge on any atom is -0.468 e. The lowest BCUT2D eigenvalue weighted by Gasteiger charge is -2.16. The van der Waals surface area contributed by atoms with Crippen molar-refractivity contribution >= 4 is 5.97 Å². The monoisotopic (exact) mass is 175 g/mol. The minimum atomic E-state index is -0.197. The molecule has 0 aromatic carbocycles. The van der Waals surface area contributed by atoms with Gasteiger partial charge in [-0.15, -0.1) is 0 Å². The summed E-state index contributed by atoms with van der Waals surface area (Å²) < 4.78 is 4.56. The number of rotatable bonds is 3. The average molecular weight is 175 g/mol. The van der Waals surface area contributed by atoms with Gasteiger partial charge in [-0.1, -0.05) is 27.7 Å². The first-order valence-electron chi connectivity index (χ1n) is 4.38. The van der Waals surface area contributed by atoms with Crippen LogP contribution in [-0.4, -0.2) is 26.2 Å². The molecule has 1 atom stereocenters. The van der Waals surface area contributed by atoms with Crippen LogP contribution in [0.3, 0.4) is 0 Å². The predicted molar refractivity (Wildman–Crippen MR) is 51.0 cm³/mol. The van der Waals surface area contributed by atoms with Crippen molar-refractivity contribution in [2.24, 2.45) is 5.92 Å². The highest BCUT2D eigenvalue weighted by atomic mass is 16.5. The lowest BCUT2D eigenvalue weighted by molar-refractivity contribution is -0.144. The fourth-order valence-electron chi connectivity index (χ4n) is 0.850. The van der Waals surface area contributed by atoms with Crippen molar-refractivity contribution in [2.45, 2.75) is 33.7 Å². The summed E-state index contributed by atoms with van der Waals surface area (Å²) in [6.45, 7) is 7.94. The van der Waals surface area contributed by atoms with E-state index in [1.165, 1.54) is 7.11 Å². The van der Waals surface area contributed by atoms with Crippen molar-refractivity contribution in [1.29, 1.82) is 0 Å². The van der Waals surface area contributed by atoms with E-state index in [0.29, 0.717) is 0 Å². The van der Waals surface area contributed by atoms with Gasteiger partial charge in [0.25, 0.3) is 0 Å². The zero-order valence-electron chi connectivity index (χ0n) is 8.97. The first-order valence-corrected chi connectivity index (χ1v) is 4.38. The van der Waals surface area contributed by atoms with E-state index in [4.69, 9.17) is 0 Å². The van der Waals surface area contributed by atoms with Crippen LogP contribution >= 0.6 is 0 Å². The topological polar surface area (TPSA) is 38.3 Å². The van der Waals surface area contributed by atoms with Gasteiger partial charge in [-0.05, 0) is 13.0 Å². The van der Waals surface area contributed by atoms with Crippen molar-refractivity contribution < 1.29 is 9.53 Å². The van der Waals surface area contributed by atoms with Gasteiger partial charge in [-0.25, -0.2) is 0 Å². The zero-order chi connectivity index (χ0) is 10.1. The normalized spacial score (nSPS) is 11.6. The highest BCUT2D eigenvalue weighted by molar-refractivity contribution is 5.75. The molecule has 0 rings (SSSR count). The van der Waals surface area contributed by atoms with Gasteiger partial charge in [0.05, 0.1) is 7.11 Å². The molecule has 3 heteroatoms. The fraction of sp³-hybridized carbons (Fsp3) is 0.889. The SMILES string of the molecule is CC.CNC(C(=O)OC)C(C)C. The summed E-state index contributed by atoms with van der Waals surface area (Å²) in [4.78, 5) is 10.9. The average Bonchev–Trinajstić information content (AvgIpc) is 2.08. The van der Waals surface area contributed by atoms with Gasteiger partial charge in [-0.2, -0.15) is 0 Å². The van der Waals surface area contributed by atoms with Crippen LogP contribution in [-0.2, 0) is 9.53 Å². The molecule has 0 aromatic heterocycles. The third kappa shape index (κ3) is 5.13. The number of methoxy groups -OCH3 is 1. The van der Waals surface area contributed by atoms with Gasteiger partial charge < -0.3 is 10.1 Å². The van der Waals surface area contributed by atoms with E-state index in [1.54, 1.807) is 7.05 Å². The molecule has 0 saturated carbocycles. The molecule has 3 nitrogen and oxygen atoms in total. The number of hydrogen-bond donors (Lipinski definition) is 1. The van der Waals surface area contributed by atoms with Crippen molar-refractivity contribution in [3.05, 3.63) is 0 Å². The van der Waals surface area contributed by atoms with E-state index >= 15 is 0 Å². The molecule has 0 bridgehead atoms. The highest BCUT2D eigenvalue weighted by Crippen LogP contribution is 2.01. The standard InChI is InChI=1S/C7H15NO2.C2H6/c1-5(2)6(8-3)7(9)10-4;1-2/h5-6,8H,1-4H3;1-2H3. The van der Waals surface area contributed by atoms with E-state index in [2.05, 4.69) is 10.1 Å². The Morgan fingerprint density at radius 3 is 1.83 bits per heavy atom. The molecule has 0 amide bonds. The van der Waals surface area contributed by atoms with Crippen LogP contribution in [0.4, 0.5) is 0 Å². The molecular formula is C9H21NO2. The Hall–Kier alpha value is -0.570. The van der Waals surface area contributed by atoms with Crippen LogP contribution in [0.15, 0.2) is 0 Å². The van der Waals surface area contributed by atoms with Crippen molar-refractivity contribution in [3.8, 4) is 0 Å². The molecule has 0 aliphatic heterocycles.